The van der Waals surface area contributed by atoms with Crippen molar-refractivity contribution in [2.75, 3.05) is 0 Å². The van der Waals surface area contributed by atoms with E-state index in [-0.39, 0.29) is 0 Å². The van der Waals surface area contributed by atoms with E-state index in [4.69, 9.17) is 0 Å². The first-order chi connectivity index (χ1) is 14.3. The molecule has 0 fully saturated rings. The quantitative estimate of drug-likeness (QED) is 0.175. The number of allylic oxidation sites excluding steroid dienone is 12. The van der Waals surface area contributed by atoms with E-state index in [1.54, 1.807) is 5.57 Å². The molecule has 0 aromatic heterocycles. The molecule has 30 heavy (non-hydrogen) atoms. The van der Waals surface area contributed by atoms with E-state index >= 15 is 0 Å². The van der Waals surface area contributed by atoms with Gasteiger partial charge in [-0.25, -0.2) is 0 Å². The van der Waals surface area contributed by atoms with Crippen molar-refractivity contribution < 1.29 is 0 Å². The lowest BCUT2D eigenvalue weighted by molar-refractivity contribution is 0.818. The van der Waals surface area contributed by atoms with Gasteiger partial charge in [-0.3, -0.25) is 0 Å². The van der Waals surface area contributed by atoms with Gasteiger partial charge < -0.3 is 0 Å². The Morgan fingerprint density at radius 2 is 0.800 bits per heavy atom. The van der Waals surface area contributed by atoms with Gasteiger partial charge in [0.25, 0.3) is 0 Å². The van der Waals surface area contributed by atoms with E-state index in [9.17, 15) is 0 Å². The average Bonchev–Trinajstić information content (AvgIpc) is 2.67. The van der Waals surface area contributed by atoms with Crippen LogP contribution in [-0.4, -0.2) is 0 Å². The molecule has 0 atom stereocenters. The van der Waals surface area contributed by atoms with Crippen LogP contribution in [0, 0.1) is 0 Å². The topological polar surface area (TPSA) is 0 Å². The molecule has 0 saturated heterocycles. The van der Waals surface area contributed by atoms with Crippen LogP contribution in [0.3, 0.4) is 0 Å². The van der Waals surface area contributed by atoms with Crippen LogP contribution in [-0.2, 0) is 0 Å². The van der Waals surface area contributed by atoms with Crippen molar-refractivity contribution in [3.8, 4) is 0 Å². The SMILES string of the molecule is CC(C)=CCCCC(C)=CCCC(C)=CCCC=CCCC=C(C)CCC=C(C)C. The van der Waals surface area contributed by atoms with E-state index in [0.717, 1.165) is 0 Å². The summed E-state index contributed by atoms with van der Waals surface area (Å²) < 4.78 is 0. The second-order valence-corrected chi connectivity index (χ2v) is 9.31. The molecule has 170 valence electrons. The van der Waals surface area contributed by atoms with Gasteiger partial charge in [-0.1, -0.05) is 70.4 Å². The van der Waals surface area contributed by atoms with Crippen LogP contribution in [0.2, 0.25) is 0 Å². The lowest BCUT2D eigenvalue weighted by Crippen LogP contribution is -1.81. The second kappa shape index (κ2) is 19.4. The monoisotopic (exact) mass is 410 g/mol. The molecule has 0 unspecified atom stereocenters. The summed E-state index contributed by atoms with van der Waals surface area (Å²) in [6.45, 7) is 15.5. The summed E-state index contributed by atoms with van der Waals surface area (Å²) in [4.78, 5) is 0. The van der Waals surface area contributed by atoms with E-state index in [1.165, 1.54) is 92.9 Å². The van der Waals surface area contributed by atoms with Gasteiger partial charge in [-0.15, -0.1) is 0 Å². The van der Waals surface area contributed by atoms with Gasteiger partial charge in [0.05, 0.1) is 0 Å². The zero-order chi connectivity index (χ0) is 22.6. The maximum atomic E-state index is 2.44. The maximum absolute atomic E-state index is 2.44. The second-order valence-electron chi connectivity index (χ2n) is 9.31. The summed E-state index contributed by atoms with van der Waals surface area (Å²) in [7, 11) is 0. The maximum Gasteiger partial charge on any atom is -0.0288 e. The van der Waals surface area contributed by atoms with Crippen LogP contribution in [0.4, 0.5) is 0 Å². The normalized spacial score (nSPS) is 13.1. The van der Waals surface area contributed by atoms with Crippen molar-refractivity contribution in [2.45, 2.75) is 119 Å². The van der Waals surface area contributed by atoms with Crippen LogP contribution in [0.5, 0.6) is 0 Å². The van der Waals surface area contributed by atoms with Crippen molar-refractivity contribution in [2.24, 2.45) is 0 Å². The molecule has 0 heteroatoms. The summed E-state index contributed by atoms with van der Waals surface area (Å²) in [5.41, 5.74) is 7.47. The molecule has 0 N–H and O–H groups in total. The van der Waals surface area contributed by atoms with Crippen molar-refractivity contribution >= 4 is 0 Å². The summed E-state index contributed by atoms with van der Waals surface area (Å²) in [5, 5.41) is 0. The highest BCUT2D eigenvalue weighted by Crippen LogP contribution is 2.13. The van der Waals surface area contributed by atoms with Crippen molar-refractivity contribution in [3.05, 3.63) is 70.4 Å². The standard InChI is InChI=1S/C30H50/c1-26(2)18-14-15-22-30(7)25-17-24-29(6)21-13-11-9-8-10-12-20-28(5)23-16-19-27(3)4/h8-9,18-21,25H,10-17,22-24H2,1-7H3. The lowest BCUT2D eigenvalue weighted by atomic mass is 10.0. The third-order valence-electron chi connectivity index (χ3n) is 5.27. The third-order valence-corrected chi connectivity index (χ3v) is 5.27. The fraction of sp³-hybridized carbons (Fsp3) is 0.600. The zero-order valence-corrected chi connectivity index (χ0v) is 21.3. The van der Waals surface area contributed by atoms with Crippen molar-refractivity contribution in [1.82, 2.24) is 0 Å². The summed E-state index contributed by atoms with van der Waals surface area (Å²) in [6, 6.07) is 0. The van der Waals surface area contributed by atoms with Gasteiger partial charge in [0.2, 0.25) is 0 Å². The first kappa shape index (κ1) is 28.4. The highest BCUT2D eigenvalue weighted by Gasteiger charge is 1.93. The Morgan fingerprint density at radius 3 is 1.30 bits per heavy atom. The Labute approximate surface area is 189 Å². The van der Waals surface area contributed by atoms with Crippen LogP contribution in [0.15, 0.2) is 70.4 Å². The average molecular weight is 411 g/mol. The van der Waals surface area contributed by atoms with Crippen molar-refractivity contribution in [3.63, 3.8) is 0 Å². The first-order valence-electron chi connectivity index (χ1n) is 12.2. The van der Waals surface area contributed by atoms with Gasteiger partial charge in [-0.05, 0) is 119 Å². The Balaban J connectivity index is 3.85. The summed E-state index contributed by atoms with van der Waals surface area (Å²) in [6.07, 6.45) is 29.8. The van der Waals surface area contributed by atoms with Gasteiger partial charge in [0.15, 0.2) is 0 Å². The smallest absolute Gasteiger partial charge is 0.0288 e. The molecule has 0 aromatic rings. The molecule has 0 radical (unpaired) electrons. The first-order valence-corrected chi connectivity index (χ1v) is 12.2. The molecule has 0 spiro atoms. The fourth-order valence-electron chi connectivity index (χ4n) is 3.30. The van der Waals surface area contributed by atoms with Gasteiger partial charge in [0.1, 0.15) is 0 Å². The molecule has 0 heterocycles. The largest absolute Gasteiger partial charge is 0.0882 e. The molecule has 0 aliphatic carbocycles. The minimum atomic E-state index is 1.17. The molecular weight excluding hydrogens is 360 g/mol. The molecule has 0 rings (SSSR count). The van der Waals surface area contributed by atoms with E-state index in [2.05, 4.69) is 91.0 Å². The molecular formula is C30H50. The molecule has 0 aliphatic rings. The predicted molar refractivity (Wildman–Crippen MR) is 140 cm³/mol. The number of unbranched alkanes of at least 4 members (excludes halogenated alkanes) is 3. The van der Waals surface area contributed by atoms with Gasteiger partial charge in [-0.2, -0.15) is 0 Å². The third kappa shape index (κ3) is 21.2. The summed E-state index contributed by atoms with van der Waals surface area (Å²) in [5.74, 6) is 0. The molecule has 0 aromatic carbocycles. The Kier molecular flexibility index (Phi) is 18.4. The Bertz CT molecular complexity index is 608. The van der Waals surface area contributed by atoms with Gasteiger partial charge >= 0.3 is 0 Å². The van der Waals surface area contributed by atoms with Crippen LogP contribution in [0.25, 0.3) is 0 Å². The number of hydrogen-bond donors (Lipinski definition) is 0. The van der Waals surface area contributed by atoms with E-state index in [1.807, 2.05) is 0 Å². The predicted octanol–water partition coefficient (Wildman–Crippen LogP) is 10.6. The van der Waals surface area contributed by atoms with Crippen LogP contribution < -0.4 is 0 Å². The van der Waals surface area contributed by atoms with E-state index < -0.39 is 0 Å². The molecule has 0 amide bonds. The molecule has 0 nitrogen and oxygen atoms in total. The molecule has 0 aliphatic heterocycles. The number of rotatable bonds is 16. The van der Waals surface area contributed by atoms with E-state index in [0.29, 0.717) is 0 Å². The minimum Gasteiger partial charge on any atom is -0.0882 e. The fourth-order valence-corrected chi connectivity index (χ4v) is 3.30. The van der Waals surface area contributed by atoms with Crippen molar-refractivity contribution in [1.29, 1.82) is 0 Å². The van der Waals surface area contributed by atoms with Crippen LogP contribution >= 0.6 is 0 Å². The zero-order valence-electron chi connectivity index (χ0n) is 21.3. The minimum absolute atomic E-state index is 1.17. The lowest BCUT2D eigenvalue weighted by Gasteiger charge is -2.02. The Hall–Kier alpha value is -1.56. The summed E-state index contributed by atoms with van der Waals surface area (Å²) >= 11 is 0. The Morgan fingerprint density at radius 1 is 0.400 bits per heavy atom. The van der Waals surface area contributed by atoms with Crippen LogP contribution in [0.1, 0.15) is 119 Å². The molecule has 0 bridgehead atoms. The highest BCUT2D eigenvalue weighted by molar-refractivity contribution is 5.05. The van der Waals surface area contributed by atoms with Gasteiger partial charge in [0, 0.05) is 0 Å². The molecule has 0 saturated carbocycles. The number of hydrogen-bond acceptors (Lipinski definition) is 0. The highest BCUT2D eigenvalue weighted by atomic mass is 14.0.